The maximum absolute atomic E-state index is 12.3. The number of hydrogen-bond donors (Lipinski definition) is 0. The first-order valence-corrected chi connectivity index (χ1v) is 7.34. The number of methoxy groups -OCH3 is 1. The topological polar surface area (TPSA) is 55.8 Å². The fourth-order valence-corrected chi connectivity index (χ4v) is 1.86. The first-order chi connectivity index (χ1) is 10.3. The molecular formula is C17H25NO4. The summed E-state index contributed by atoms with van der Waals surface area (Å²) in [6, 6.07) is 9.63. The van der Waals surface area contributed by atoms with Crippen LogP contribution in [0, 0.1) is 0 Å². The number of carbonyl (C=O) groups is 2. The van der Waals surface area contributed by atoms with Crippen molar-refractivity contribution in [3.05, 3.63) is 35.9 Å². The largest absolute Gasteiger partial charge is 0.444 e. The van der Waals surface area contributed by atoms with Crippen molar-refractivity contribution in [1.29, 1.82) is 0 Å². The van der Waals surface area contributed by atoms with Gasteiger partial charge in [-0.25, -0.2) is 4.79 Å². The molecule has 0 N–H and O–H groups in total. The van der Waals surface area contributed by atoms with Crippen LogP contribution >= 0.6 is 0 Å². The average molecular weight is 307 g/mol. The molecule has 122 valence electrons. The highest BCUT2D eigenvalue weighted by atomic mass is 16.6. The third kappa shape index (κ3) is 7.22. The first-order valence-electron chi connectivity index (χ1n) is 7.34. The summed E-state index contributed by atoms with van der Waals surface area (Å²) in [5, 5.41) is 0. The number of hydrogen-bond acceptors (Lipinski definition) is 4. The standard InChI is InChI=1S/C17H25NO4/c1-17(2,3)22-16(20)18(11-10-15(19)13-21-4)12-14-8-6-5-7-9-14/h5-9H,10-13H2,1-4H3. The van der Waals surface area contributed by atoms with Crippen LogP contribution in [0.4, 0.5) is 4.79 Å². The van der Waals surface area contributed by atoms with E-state index < -0.39 is 11.7 Å². The van der Waals surface area contributed by atoms with Crippen LogP contribution in [0.25, 0.3) is 0 Å². The van der Waals surface area contributed by atoms with Crippen LogP contribution in [-0.4, -0.2) is 42.6 Å². The maximum Gasteiger partial charge on any atom is 0.410 e. The van der Waals surface area contributed by atoms with Gasteiger partial charge in [0, 0.05) is 26.6 Å². The second-order valence-corrected chi connectivity index (χ2v) is 6.11. The zero-order valence-electron chi connectivity index (χ0n) is 13.8. The fraction of sp³-hybridized carbons (Fsp3) is 0.529. The van der Waals surface area contributed by atoms with Crippen LogP contribution in [0.5, 0.6) is 0 Å². The van der Waals surface area contributed by atoms with Gasteiger partial charge in [-0.15, -0.1) is 0 Å². The minimum atomic E-state index is -0.567. The van der Waals surface area contributed by atoms with Crippen LogP contribution in [0.2, 0.25) is 0 Å². The van der Waals surface area contributed by atoms with E-state index in [0.717, 1.165) is 5.56 Å². The molecule has 5 nitrogen and oxygen atoms in total. The summed E-state index contributed by atoms with van der Waals surface area (Å²) in [4.78, 5) is 25.4. The van der Waals surface area contributed by atoms with E-state index in [9.17, 15) is 9.59 Å². The third-order valence-electron chi connectivity index (χ3n) is 2.83. The van der Waals surface area contributed by atoms with E-state index in [1.165, 1.54) is 7.11 Å². The lowest BCUT2D eigenvalue weighted by Crippen LogP contribution is -2.37. The summed E-state index contributed by atoms with van der Waals surface area (Å²) in [7, 11) is 1.48. The first kappa shape index (κ1) is 18.2. The zero-order chi connectivity index (χ0) is 16.6. The molecule has 0 radical (unpaired) electrons. The smallest absolute Gasteiger partial charge is 0.410 e. The van der Waals surface area contributed by atoms with Gasteiger partial charge in [0.2, 0.25) is 0 Å². The Morgan fingerprint density at radius 1 is 1.14 bits per heavy atom. The summed E-state index contributed by atoms with van der Waals surface area (Å²) in [5.74, 6) is -0.0379. The van der Waals surface area contributed by atoms with Crippen LogP contribution in [0.15, 0.2) is 30.3 Å². The van der Waals surface area contributed by atoms with Crippen molar-refractivity contribution in [3.8, 4) is 0 Å². The van der Waals surface area contributed by atoms with Gasteiger partial charge in [0.25, 0.3) is 0 Å². The van der Waals surface area contributed by atoms with Crippen molar-refractivity contribution < 1.29 is 19.1 Å². The van der Waals surface area contributed by atoms with E-state index in [4.69, 9.17) is 9.47 Å². The number of nitrogens with zero attached hydrogens (tertiary/aromatic N) is 1. The van der Waals surface area contributed by atoms with Crippen molar-refractivity contribution in [2.75, 3.05) is 20.3 Å². The molecule has 0 aliphatic rings. The van der Waals surface area contributed by atoms with Crippen molar-refractivity contribution in [3.63, 3.8) is 0 Å². The van der Waals surface area contributed by atoms with Gasteiger partial charge in [-0.3, -0.25) is 4.79 Å². The highest BCUT2D eigenvalue weighted by Gasteiger charge is 2.22. The molecule has 0 unspecified atom stereocenters. The molecule has 5 heteroatoms. The molecule has 0 heterocycles. The molecule has 1 amide bonds. The minimum absolute atomic E-state index is 0.0379. The molecular weight excluding hydrogens is 282 g/mol. The number of amides is 1. The Kier molecular flexibility index (Phi) is 7.05. The number of ketones is 1. The van der Waals surface area contributed by atoms with Gasteiger partial charge in [0.1, 0.15) is 12.2 Å². The SMILES string of the molecule is COCC(=O)CCN(Cc1ccccc1)C(=O)OC(C)(C)C. The highest BCUT2D eigenvalue weighted by Crippen LogP contribution is 2.13. The number of Topliss-reactive ketones (excluding diaryl/α,β-unsaturated/α-hetero) is 1. The van der Waals surface area contributed by atoms with Gasteiger partial charge in [-0.2, -0.15) is 0 Å². The van der Waals surface area contributed by atoms with E-state index in [2.05, 4.69) is 0 Å². The Bertz CT molecular complexity index is 479. The Labute approximate surface area is 132 Å². The Morgan fingerprint density at radius 3 is 2.32 bits per heavy atom. The zero-order valence-corrected chi connectivity index (χ0v) is 13.8. The normalized spacial score (nSPS) is 11.1. The number of rotatable bonds is 7. The highest BCUT2D eigenvalue weighted by molar-refractivity contribution is 5.80. The summed E-state index contributed by atoms with van der Waals surface area (Å²) in [6.45, 7) is 6.25. The molecule has 0 aliphatic carbocycles. The maximum atomic E-state index is 12.3. The average Bonchev–Trinajstić information content (AvgIpc) is 2.43. The van der Waals surface area contributed by atoms with E-state index in [1.807, 2.05) is 51.1 Å². The predicted octanol–water partition coefficient (Wildman–Crippen LogP) is 3.03. The summed E-state index contributed by atoms with van der Waals surface area (Å²) in [5.41, 5.74) is 0.426. The third-order valence-corrected chi connectivity index (χ3v) is 2.83. The van der Waals surface area contributed by atoms with Gasteiger partial charge >= 0.3 is 6.09 Å². The monoisotopic (exact) mass is 307 g/mol. The lowest BCUT2D eigenvalue weighted by Gasteiger charge is -2.27. The molecule has 0 fully saturated rings. The molecule has 0 spiro atoms. The van der Waals surface area contributed by atoms with Crippen molar-refractivity contribution >= 4 is 11.9 Å². The molecule has 0 bridgehead atoms. The Balaban J connectivity index is 2.71. The minimum Gasteiger partial charge on any atom is -0.444 e. The number of carbonyl (C=O) groups excluding carboxylic acids is 2. The molecule has 0 saturated carbocycles. The van der Waals surface area contributed by atoms with Crippen LogP contribution < -0.4 is 0 Å². The van der Waals surface area contributed by atoms with Gasteiger partial charge in [0.05, 0.1) is 0 Å². The second kappa shape index (κ2) is 8.54. The van der Waals surface area contributed by atoms with Crippen molar-refractivity contribution in [2.45, 2.75) is 39.3 Å². The molecule has 1 rings (SSSR count). The van der Waals surface area contributed by atoms with Crippen LogP contribution in [-0.2, 0) is 20.8 Å². The van der Waals surface area contributed by atoms with Gasteiger partial charge in [-0.05, 0) is 26.3 Å². The fourth-order valence-electron chi connectivity index (χ4n) is 1.86. The lowest BCUT2D eigenvalue weighted by molar-refractivity contribution is -0.122. The Hall–Kier alpha value is -1.88. The molecule has 0 atom stereocenters. The van der Waals surface area contributed by atoms with E-state index in [0.29, 0.717) is 13.1 Å². The summed E-state index contributed by atoms with van der Waals surface area (Å²) >= 11 is 0. The van der Waals surface area contributed by atoms with E-state index in [1.54, 1.807) is 4.90 Å². The predicted molar refractivity (Wildman–Crippen MR) is 84.6 cm³/mol. The Morgan fingerprint density at radius 2 is 1.77 bits per heavy atom. The molecule has 0 aliphatic heterocycles. The van der Waals surface area contributed by atoms with Crippen molar-refractivity contribution in [2.24, 2.45) is 0 Å². The van der Waals surface area contributed by atoms with Gasteiger partial charge in [-0.1, -0.05) is 30.3 Å². The van der Waals surface area contributed by atoms with E-state index in [-0.39, 0.29) is 18.8 Å². The van der Waals surface area contributed by atoms with E-state index >= 15 is 0 Å². The van der Waals surface area contributed by atoms with Gasteiger partial charge in [0.15, 0.2) is 5.78 Å². The van der Waals surface area contributed by atoms with Crippen LogP contribution in [0.1, 0.15) is 32.8 Å². The quantitative estimate of drug-likeness (QED) is 0.777. The molecule has 0 aromatic heterocycles. The van der Waals surface area contributed by atoms with Crippen molar-refractivity contribution in [1.82, 2.24) is 4.90 Å². The molecule has 1 aromatic carbocycles. The van der Waals surface area contributed by atoms with Gasteiger partial charge < -0.3 is 14.4 Å². The second-order valence-electron chi connectivity index (χ2n) is 6.11. The molecule has 22 heavy (non-hydrogen) atoms. The molecule has 1 aromatic rings. The van der Waals surface area contributed by atoms with Crippen LogP contribution in [0.3, 0.4) is 0 Å². The number of benzene rings is 1. The number of ether oxygens (including phenoxy) is 2. The summed E-state index contributed by atoms with van der Waals surface area (Å²) in [6.07, 6.45) is -0.165. The summed E-state index contributed by atoms with van der Waals surface area (Å²) < 4.78 is 10.2. The lowest BCUT2D eigenvalue weighted by atomic mass is 10.2. The molecule has 0 saturated heterocycles.